The third-order valence-corrected chi connectivity index (χ3v) is 4.39. The van der Waals surface area contributed by atoms with Crippen LogP contribution in [0.1, 0.15) is 15.2 Å². The summed E-state index contributed by atoms with van der Waals surface area (Å²) in [5, 5.41) is 0.773. The van der Waals surface area contributed by atoms with E-state index >= 15 is 0 Å². The van der Waals surface area contributed by atoms with E-state index in [4.69, 9.17) is 11.6 Å². The Labute approximate surface area is 125 Å². The highest BCUT2D eigenvalue weighted by Gasteiger charge is 2.16. The van der Waals surface area contributed by atoms with Crippen LogP contribution in [0.15, 0.2) is 36.4 Å². The Kier molecular flexibility index (Phi) is 3.32. The van der Waals surface area contributed by atoms with Gasteiger partial charge in [0.2, 0.25) is 0 Å². The van der Waals surface area contributed by atoms with Gasteiger partial charge in [-0.25, -0.2) is 10.8 Å². The van der Waals surface area contributed by atoms with Crippen molar-refractivity contribution in [1.29, 1.82) is 0 Å². The van der Waals surface area contributed by atoms with Gasteiger partial charge in [0.05, 0.1) is 11.4 Å². The molecule has 5 nitrogen and oxygen atoms in total. The third kappa shape index (κ3) is 2.35. The van der Waals surface area contributed by atoms with Crippen LogP contribution in [-0.2, 0) is 0 Å². The molecule has 0 aliphatic heterocycles. The number of anilines is 1. The molecule has 106 valence electrons. The second-order valence-corrected chi connectivity index (χ2v) is 5.73. The first-order valence-electron chi connectivity index (χ1n) is 6.37. The average Bonchev–Trinajstić information content (AvgIpc) is 2.84. The zero-order valence-electron chi connectivity index (χ0n) is 11.4. The molecule has 0 bridgehead atoms. The lowest BCUT2D eigenvalue weighted by Gasteiger charge is -2.01. The van der Waals surface area contributed by atoms with E-state index < -0.39 is 5.91 Å². The predicted molar refractivity (Wildman–Crippen MR) is 85.9 cm³/mol. The van der Waals surface area contributed by atoms with Gasteiger partial charge in [0.25, 0.3) is 5.91 Å². The number of rotatable bonds is 2. The quantitative estimate of drug-likeness (QED) is 0.385. The van der Waals surface area contributed by atoms with Crippen LogP contribution in [0.2, 0.25) is 0 Å². The van der Waals surface area contributed by atoms with Crippen LogP contribution >= 0.6 is 11.3 Å². The minimum Gasteiger partial charge on any atom is -0.397 e. The highest BCUT2D eigenvalue weighted by Crippen LogP contribution is 2.34. The van der Waals surface area contributed by atoms with Crippen molar-refractivity contribution < 1.29 is 4.79 Å². The number of thiophene rings is 1. The number of carbonyl (C=O) groups excluding carboxylic acids is 1. The van der Waals surface area contributed by atoms with E-state index in [1.165, 1.54) is 16.9 Å². The van der Waals surface area contributed by atoms with E-state index in [2.05, 4.69) is 10.4 Å². The lowest BCUT2D eigenvalue weighted by atomic mass is 10.1. The second kappa shape index (κ2) is 5.16. The van der Waals surface area contributed by atoms with Gasteiger partial charge in [0.1, 0.15) is 9.71 Å². The summed E-state index contributed by atoms with van der Waals surface area (Å²) in [6, 6.07) is 11.9. The molecule has 21 heavy (non-hydrogen) atoms. The van der Waals surface area contributed by atoms with Crippen molar-refractivity contribution in [1.82, 2.24) is 10.4 Å². The molecule has 1 amide bonds. The van der Waals surface area contributed by atoms with E-state index in [0.29, 0.717) is 10.6 Å². The summed E-state index contributed by atoms with van der Waals surface area (Å²) >= 11 is 1.24. The Balaban J connectivity index is 2.12. The molecule has 5 N–H and O–H groups in total. The number of carbonyl (C=O) groups is 1. The Hall–Kier alpha value is -2.44. The number of nitrogen functional groups attached to an aromatic ring is 2. The van der Waals surface area contributed by atoms with E-state index in [1.54, 1.807) is 0 Å². The summed E-state index contributed by atoms with van der Waals surface area (Å²) in [4.78, 5) is 17.4. The molecule has 3 rings (SSSR count). The number of nitrogens with zero attached hydrogens (tertiary/aromatic N) is 1. The fourth-order valence-electron chi connectivity index (χ4n) is 2.12. The molecule has 0 spiro atoms. The summed E-state index contributed by atoms with van der Waals surface area (Å²) in [7, 11) is 0. The average molecular weight is 298 g/mol. The molecule has 1 aromatic carbocycles. The van der Waals surface area contributed by atoms with Gasteiger partial charge >= 0.3 is 0 Å². The molecule has 0 aliphatic rings. The SMILES string of the molecule is Cc1ccc(-c2ccc3c(N)c(C(=O)NN)sc3n2)cc1. The van der Waals surface area contributed by atoms with Crippen molar-refractivity contribution in [3.05, 3.63) is 46.8 Å². The molecule has 0 aliphatic carbocycles. The van der Waals surface area contributed by atoms with Crippen molar-refractivity contribution in [2.75, 3.05) is 5.73 Å². The highest BCUT2D eigenvalue weighted by atomic mass is 32.1. The fourth-order valence-corrected chi connectivity index (χ4v) is 3.11. The van der Waals surface area contributed by atoms with Crippen LogP contribution in [-0.4, -0.2) is 10.9 Å². The Morgan fingerprint density at radius 2 is 1.90 bits per heavy atom. The summed E-state index contributed by atoms with van der Waals surface area (Å²) in [5.41, 5.74) is 11.6. The Morgan fingerprint density at radius 3 is 2.57 bits per heavy atom. The van der Waals surface area contributed by atoms with Gasteiger partial charge in [-0.1, -0.05) is 29.8 Å². The molecule has 0 unspecified atom stereocenters. The molecule has 6 heteroatoms. The van der Waals surface area contributed by atoms with Crippen molar-refractivity contribution >= 4 is 33.1 Å². The van der Waals surface area contributed by atoms with Gasteiger partial charge in [-0.05, 0) is 19.1 Å². The molecule has 2 heterocycles. The van der Waals surface area contributed by atoms with Gasteiger partial charge in [-0.2, -0.15) is 0 Å². The maximum Gasteiger partial charge on any atom is 0.277 e. The molecular weight excluding hydrogens is 284 g/mol. The summed E-state index contributed by atoms with van der Waals surface area (Å²) in [6.45, 7) is 2.04. The van der Waals surface area contributed by atoms with Crippen molar-refractivity contribution in [3.8, 4) is 11.3 Å². The lowest BCUT2D eigenvalue weighted by Crippen LogP contribution is -2.29. The summed E-state index contributed by atoms with van der Waals surface area (Å²) in [5.74, 6) is 4.77. The van der Waals surface area contributed by atoms with Gasteiger partial charge in [-0.15, -0.1) is 11.3 Å². The largest absolute Gasteiger partial charge is 0.397 e. The normalized spacial score (nSPS) is 10.8. The molecule has 0 fully saturated rings. The number of pyridine rings is 1. The number of benzene rings is 1. The zero-order valence-corrected chi connectivity index (χ0v) is 12.2. The Bertz CT molecular complexity index is 824. The van der Waals surface area contributed by atoms with Crippen LogP contribution in [0.5, 0.6) is 0 Å². The lowest BCUT2D eigenvalue weighted by molar-refractivity contribution is 0.0958. The summed E-state index contributed by atoms with van der Waals surface area (Å²) in [6.07, 6.45) is 0. The molecule has 0 atom stereocenters. The number of hydrogen-bond acceptors (Lipinski definition) is 5. The second-order valence-electron chi connectivity index (χ2n) is 4.73. The van der Waals surface area contributed by atoms with Crippen LogP contribution < -0.4 is 17.0 Å². The number of hydrogen-bond donors (Lipinski definition) is 3. The molecule has 3 aromatic rings. The van der Waals surface area contributed by atoms with Crippen molar-refractivity contribution in [2.24, 2.45) is 5.84 Å². The monoisotopic (exact) mass is 298 g/mol. The van der Waals surface area contributed by atoms with Gasteiger partial charge in [0, 0.05) is 10.9 Å². The van der Waals surface area contributed by atoms with E-state index in [1.807, 2.05) is 43.3 Å². The fraction of sp³-hybridized carbons (Fsp3) is 0.0667. The smallest absolute Gasteiger partial charge is 0.277 e. The molecule has 0 saturated carbocycles. The standard InChI is InChI=1S/C15H14N4OS/c1-8-2-4-9(5-3-8)11-7-6-10-12(16)13(14(20)19-17)21-15(10)18-11/h2-7H,16-17H2,1H3,(H,19,20). The topological polar surface area (TPSA) is 94.0 Å². The predicted octanol–water partition coefficient (Wildman–Crippen LogP) is 2.46. The number of amides is 1. The van der Waals surface area contributed by atoms with Gasteiger partial charge in [0.15, 0.2) is 0 Å². The number of fused-ring (bicyclic) bond motifs is 1. The first-order chi connectivity index (χ1) is 10.1. The van der Waals surface area contributed by atoms with Crippen LogP contribution in [0, 0.1) is 6.92 Å². The van der Waals surface area contributed by atoms with Gasteiger partial charge in [-0.3, -0.25) is 10.2 Å². The minimum atomic E-state index is -0.396. The number of hydrazine groups is 1. The third-order valence-electron chi connectivity index (χ3n) is 3.28. The molecule has 0 radical (unpaired) electrons. The van der Waals surface area contributed by atoms with Crippen LogP contribution in [0.4, 0.5) is 5.69 Å². The van der Waals surface area contributed by atoms with E-state index in [0.717, 1.165) is 21.5 Å². The highest BCUT2D eigenvalue weighted by molar-refractivity contribution is 7.21. The first kappa shape index (κ1) is 13.5. The molecular formula is C15H14N4OS. The van der Waals surface area contributed by atoms with E-state index in [-0.39, 0.29) is 0 Å². The maximum absolute atomic E-state index is 11.7. The number of nitrogens with two attached hydrogens (primary N) is 2. The maximum atomic E-state index is 11.7. The van der Waals surface area contributed by atoms with Crippen molar-refractivity contribution in [2.45, 2.75) is 6.92 Å². The number of aromatic nitrogens is 1. The first-order valence-corrected chi connectivity index (χ1v) is 7.19. The number of aryl methyl sites for hydroxylation is 1. The number of nitrogens with one attached hydrogen (secondary N) is 1. The van der Waals surface area contributed by atoms with E-state index in [9.17, 15) is 4.79 Å². The minimum absolute atomic E-state index is 0.390. The zero-order chi connectivity index (χ0) is 15.0. The van der Waals surface area contributed by atoms with Crippen molar-refractivity contribution in [3.63, 3.8) is 0 Å². The van der Waals surface area contributed by atoms with Crippen LogP contribution in [0.25, 0.3) is 21.5 Å². The van der Waals surface area contributed by atoms with Gasteiger partial charge < -0.3 is 5.73 Å². The van der Waals surface area contributed by atoms with Crippen LogP contribution in [0.3, 0.4) is 0 Å². The molecule has 0 saturated heterocycles. The summed E-state index contributed by atoms with van der Waals surface area (Å²) < 4.78 is 0. The molecule has 2 aromatic heterocycles. The Morgan fingerprint density at radius 1 is 1.19 bits per heavy atom.